The normalized spacial score (nSPS) is 10.4. The molecule has 0 saturated heterocycles. The molecule has 0 fully saturated rings. The van der Waals surface area contributed by atoms with Crippen LogP contribution >= 0.6 is 0 Å². The largest absolute Gasteiger partial charge is 0.344 e. The molecule has 0 aliphatic rings. The van der Waals surface area contributed by atoms with Gasteiger partial charge in [0, 0.05) is 11.5 Å². The highest BCUT2D eigenvalue weighted by Gasteiger charge is 2.11. The molecule has 2 nitrogen and oxygen atoms in total. The molecule has 1 aromatic carbocycles. The summed E-state index contributed by atoms with van der Waals surface area (Å²) >= 11 is 0. The van der Waals surface area contributed by atoms with Gasteiger partial charge in [-0.25, -0.2) is 8.78 Å². The molecule has 0 amide bonds. The SMILES string of the molecule is Cc1c(F)cc(F)c2[nH]c(C#N)cc12. The lowest BCUT2D eigenvalue weighted by molar-refractivity contribution is 0.585. The molecule has 1 aromatic heterocycles. The quantitative estimate of drug-likeness (QED) is 0.684. The maximum atomic E-state index is 13.2. The van der Waals surface area contributed by atoms with Gasteiger partial charge in [0.15, 0.2) is 0 Å². The highest BCUT2D eigenvalue weighted by molar-refractivity contribution is 5.85. The third-order valence-electron chi connectivity index (χ3n) is 2.19. The Hall–Kier alpha value is -1.89. The van der Waals surface area contributed by atoms with Gasteiger partial charge in [-0.3, -0.25) is 0 Å². The number of nitrogens with zero attached hydrogens (tertiary/aromatic N) is 1. The van der Waals surface area contributed by atoms with Crippen LogP contribution in [0.5, 0.6) is 0 Å². The fourth-order valence-electron chi connectivity index (χ4n) is 1.42. The van der Waals surface area contributed by atoms with E-state index in [4.69, 9.17) is 5.26 Å². The summed E-state index contributed by atoms with van der Waals surface area (Å²) in [4.78, 5) is 2.58. The number of aryl methyl sites for hydroxylation is 1. The van der Waals surface area contributed by atoms with Crippen LogP contribution < -0.4 is 0 Å². The van der Waals surface area contributed by atoms with Gasteiger partial charge in [-0.15, -0.1) is 0 Å². The van der Waals surface area contributed by atoms with Gasteiger partial charge in [-0.05, 0) is 18.6 Å². The van der Waals surface area contributed by atoms with Gasteiger partial charge >= 0.3 is 0 Å². The summed E-state index contributed by atoms with van der Waals surface area (Å²) in [5, 5.41) is 9.01. The Morgan fingerprint density at radius 3 is 2.64 bits per heavy atom. The van der Waals surface area contributed by atoms with Crippen LogP contribution in [0.25, 0.3) is 10.9 Å². The van der Waals surface area contributed by atoms with Gasteiger partial charge in [-0.2, -0.15) is 5.26 Å². The maximum absolute atomic E-state index is 13.2. The number of halogens is 2. The van der Waals surface area contributed by atoms with Crippen molar-refractivity contribution >= 4 is 10.9 Å². The molecule has 0 aliphatic carbocycles. The molecule has 0 atom stereocenters. The number of H-pyrrole nitrogens is 1. The summed E-state index contributed by atoms with van der Waals surface area (Å²) in [5.74, 6) is -1.27. The van der Waals surface area contributed by atoms with Crippen molar-refractivity contribution in [1.82, 2.24) is 4.98 Å². The summed E-state index contributed by atoms with van der Waals surface area (Å²) in [6.45, 7) is 1.55. The van der Waals surface area contributed by atoms with Crippen molar-refractivity contribution in [2.45, 2.75) is 6.92 Å². The molecule has 4 heteroatoms. The van der Waals surface area contributed by atoms with Crippen molar-refractivity contribution in [2.75, 3.05) is 0 Å². The van der Waals surface area contributed by atoms with E-state index in [0.29, 0.717) is 10.9 Å². The fourth-order valence-corrected chi connectivity index (χ4v) is 1.42. The standard InChI is InChI=1S/C10H6F2N2/c1-5-7-2-6(4-13)14-10(7)9(12)3-8(5)11/h2-3,14H,1H3. The van der Waals surface area contributed by atoms with E-state index < -0.39 is 11.6 Å². The van der Waals surface area contributed by atoms with Gasteiger partial charge in [0.2, 0.25) is 0 Å². The topological polar surface area (TPSA) is 39.6 Å². The summed E-state index contributed by atoms with van der Waals surface area (Å²) in [7, 11) is 0. The molecule has 0 spiro atoms. The first-order chi connectivity index (χ1) is 6.63. The minimum atomic E-state index is -0.676. The Bertz CT molecular complexity index is 549. The molecular weight excluding hydrogens is 186 g/mol. The van der Waals surface area contributed by atoms with Crippen molar-refractivity contribution in [3.63, 3.8) is 0 Å². The number of rotatable bonds is 0. The number of benzene rings is 1. The lowest BCUT2D eigenvalue weighted by Crippen LogP contribution is -1.87. The fraction of sp³-hybridized carbons (Fsp3) is 0.100. The average Bonchev–Trinajstić information content (AvgIpc) is 2.58. The Balaban J connectivity index is 2.93. The zero-order valence-corrected chi connectivity index (χ0v) is 7.36. The zero-order valence-electron chi connectivity index (χ0n) is 7.36. The van der Waals surface area contributed by atoms with Crippen molar-refractivity contribution in [3.8, 4) is 6.07 Å². The Morgan fingerprint density at radius 1 is 1.29 bits per heavy atom. The van der Waals surface area contributed by atoms with E-state index in [1.54, 1.807) is 6.92 Å². The molecule has 0 saturated carbocycles. The number of hydrogen-bond acceptors (Lipinski definition) is 1. The number of fused-ring (bicyclic) bond motifs is 1. The number of nitriles is 1. The summed E-state index contributed by atoms with van der Waals surface area (Å²) in [6.07, 6.45) is 0. The number of nitrogens with one attached hydrogen (secondary N) is 1. The van der Waals surface area contributed by atoms with Crippen LogP contribution in [0.4, 0.5) is 8.78 Å². The smallest absolute Gasteiger partial charge is 0.150 e. The number of aromatic nitrogens is 1. The molecule has 2 aromatic rings. The molecule has 14 heavy (non-hydrogen) atoms. The van der Waals surface area contributed by atoms with Crippen LogP contribution in [0, 0.1) is 29.9 Å². The second-order valence-corrected chi connectivity index (χ2v) is 3.05. The molecule has 0 bridgehead atoms. The molecule has 0 aliphatic heterocycles. The third-order valence-corrected chi connectivity index (χ3v) is 2.19. The maximum Gasteiger partial charge on any atom is 0.150 e. The summed E-state index contributed by atoms with van der Waals surface area (Å²) in [5.41, 5.74) is 0.757. The van der Waals surface area contributed by atoms with Crippen molar-refractivity contribution in [3.05, 3.63) is 35.0 Å². The first-order valence-electron chi connectivity index (χ1n) is 4.01. The molecule has 0 radical (unpaired) electrons. The monoisotopic (exact) mass is 192 g/mol. The lowest BCUT2D eigenvalue weighted by atomic mass is 10.1. The first kappa shape index (κ1) is 8.70. The van der Waals surface area contributed by atoms with Crippen molar-refractivity contribution < 1.29 is 8.78 Å². The number of aromatic amines is 1. The van der Waals surface area contributed by atoms with E-state index in [1.807, 2.05) is 6.07 Å². The van der Waals surface area contributed by atoms with E-state index in [2.05, 4.69) is 4.98 Å². The predicted molar refractivity (Wildman–Crippen MR) is 47.7 cm³/mol. The van der Waals surface area contributed by atoms with Crippen LogP contribution in [0.3, 0.4) is 0 Å². The van der Waals surface area contributed by atoms with Gasteiger partial charge in [0.25, 0.3) is 0 Å². The predicted octanol–water partition coefficient (Wildman–Crippen LogP) is 2.63. The minimum absolute atomic E-state index is 0.181. The van der Waals surface area contributed by atoms with E-state index >= 15 is 0 Å². The second kappa shape index (κ2) is 2.81. The number of hydrogen-bond donors (Lipinski definition) is 1. The highest BCUT2D eigenvalue weighted by atomic mass is 19.1. The molecule has 1 heterocycles. The van der Waals surface area contributed by atoms with Crippen LogP contribution in [0.1, 0.15) is 11.3 Å². The Morgan fingerprint density at radius 2 is 2.00 bits per heavy atom. The summed E-state index contributed by atoms with van der Waals surface area (Å²) in [6, 6.07) is 4.10. The second-order valence-electron chi connectivity index (χ2n) is 3.05. The van der Waals surface area contributed by atoms with Crippen LogP contribution in [0.2, 0.25) is 0 Å². The van der Waals surface area contributed by atoms with E-state index in [9.17, 15) is 8.78 Å². The van der Waals surface area contributed by atoms with Gasteiger partial charge in [0.05, 0.1) is 5.52 Å². The first-order valence-corrected chi connectivity index (χ1v) is 4.01. The van der Waals surface area contributed by atoms with Gasteiger partial charge in [0.1, 0.15) is 23.4 Å². The van der Waals surface area contributed by atoms with Crippen LogP contribution in [-0.2, 0) is 0 Å². The van der Waals surface area contributed by atoms with E-state index in [0.717, 1.165) is 6.07 Å². The Kier molecular flexibility index (Phi) is 1.74. The third kappa shape index (κ3) is 1.06. The highest BCUT2D eigenvalue weighted by Crippen LogP contribution is 2.24. The summed E-state index contributed by atoms with van der Waals surface area (Å²) < 4.78 is 26.3. The zero-order chi connectivity index (χ0) is 10.3. The Labute approximate surface area is 78.8 Å². The molecule has 1 N–H and O–H groups in total. The molecular formula is C10H6F2N2. The minimum Gasteiger partial charge on any atom is -0.344 e. The average molecular weight is 192 g/mol. The van der Waals surface area contributed by atoms with Crippen molar-refractivity contribution in [2.24, 2.45) is 0 Å². The van der Waals surface area contributed by atoms with Gasteiger partial charge < -0.3 is 4.98 Å². The van der Waals surface area contributed by atoms with Crippen LogP contribution in [0.15, 0.2) is 12.1 Å². The van der Waals surface area contributed by atoms with Crippen LogP contribution in [-0.4, -0.2) is 4.98 Å². The molecule has 70 valence electrons. The van der Waals surface area contributed by atoms with E-state index in [-0.39, 0.29) is 11.2 Å². The lowest BCUT2D eigenvalue weighted by Gasteiger charge is -1.98. The van der Waals surface area contributed by atoms with Gasteiger partial charge in [-0.1, -0.05) is 0 Å². The van der Waals surface area contributed by atoms with Crippen molar-refractivity contribution in [1.29, 1.82) is 5.26 Å². The van der Waals surface area contributed by atoms with E-state index in [1.165, 1.54) is 6.07 Å². The molecule has 2 rings (SSSR count). The molecule has 0 unspecified atom stereocenters.